The molecule has 34 heavy (non-hydrogen) atoms. The maximum absolute atomic E-state index is 13.7. The molecule has 2 aliphatic rings. The normalized spacial score (nSPS) is 19.9. The average molecular weight is 464 g/mol. The molecule has 1 aliphatic carbocycles. The van der Waals surface area contributed by atoms with Crippen molar-refractivity contribution in [3.05, 3.63) is 76.1 Å². The lowest BCUT2D eigenvalue weighted by Gasteiger charge is -2.37. The molecule has 1 N–H and O–H groups in total. The van der Waals surface area contributed by atoms with E-state index in [1.165, 1.54) is 7.11 Å². The fourth-order valence-electron chi connectivity index (χ4n) is 5.09. The fourth-order valence-corrected chi connectivity index (χ4v) is 5.09. The van der Waals surface area contributed by atoms with Gasteiger partial charge in [-0.3, -0.25) is 4.79 Å². The van der Waals surface area contributed by atoms with E-state index in [0.717, 1.165) is 17.0 Å². The van der Waals surface area contributed by atoms with E-state index in [-0.39, 0.29) is 11.7 Å². The van der Waals surface area contributed by atoms with Crippen LogP contribution in [0.25, 0.3) is 0 Å². The van der Waals surface area contributed by atoms with Gasteiger partial charge < -0.3 is 24.3 Å². The molecule has 2 aromatic carbocycles. The lowest BCUT2D eigenvalue weighted by molar-refractivity contribution is -0.136. The average Bonchev–Trinajstić information content (AvgIpc) is 2.86. The quantitative estimate of drug-likeness (QED) is 0.642. The number of nitrogens with one attached hydrogen (secondary N) is 1. The molecule has 0 radical (unpaired) electrons. The molecule has 1 heterocycles. The summed E-state index contributed by atoms with van der Waals surface area (Å²) in [4.78, 5) is 26.7. The van der Waals surface area contributed by atoms with Crippen molar-refractivity contribution in [3.63, 3.8) is 0 Å². The second-order valence-electron chi connectivity index (χ2n) is 8.33. The minimum atomic E-state index is -0.639. The van der Waals surface area contributed by atoms with E-state index in [2.05, 4.69) is 5.32 Å². The summed E-state index contributed by atoms with van der Waals surface area (Å²) in [5.74, 6) is 0.554. The zero-order chi connectivity index (χ0) is 24.4. The second kappa shape index (κ2) is 9.63. The second-order valence-corrected chi connectivity index (χ2v) is 8.33. The molecule has 7 heteroatoms. The molecule has 0 fully saturated rings. The number of para-hydroxylation sites is 2. The molecule has 7 nitrogen and oxygen atoms in total. The van der Waals surface area contributed by atoms with Crippen molar-refractivity contribution in [1.29, 1.82) is 0 Å². The maximum atomic E-state index is 13.7. The van der Waals surface area contributed by atoms with Gasteiger partial charge in [-0.05, 0) is 31.0 Å². The van der Waals surface area contributed by atoms with E-state index in [9.17, 15) is 9.59 Å². The summed E-state index contributed by atoms with van der Waals surface area (Å²) in [5.41, 5.74) is 4.06. The Balaban J connectivity index is 1.88. The van der Waals surface area contributed by atoms with Gasteiger partial charge in [0.15, 0.2) is 17.3 Å². The Morgan fingerprint density at radius 2 is 1.56 bits per heavy atom. The molecule has 0 bridgehead atoms. The van der Waals surface area contributed by atoms with Crippen molar-refractivity contribution < 1.29 is 28.5 Å². The van der Waals surface area contributed by atoms with E-state index in [1.54, 1.807) is 27.4 Å². The van der Waals surface area contributed by atoms with Crippen LogP contribution in [0, 0.1) is 0 Å². The molecule has 0 spiro atoms. The maximum Gasteiger partial charge on any atom is 0.336 e. The highest BCUT2D eigenvalue weighted by Crippen LogP contribution is 2.49. The Kier molecular flexibility index (Phi) is 6.63. The van der Waals surface area contributed by atoms with E-state index in [1.807, 2.05) is 43.3 Å². The highest BCUT2D eigenvalue weighted by molar-refractivity contribution is 6.04. The molecule has 4 rings (SSSR count). The fraction of sp³-hybridized carbons (Fsp3) is 0.333. The van der Waals surface area contributed by atoms with E-state index in [4.69, 9.17) is 18.9 Å². The van der Waals surface area contributed by atoms with Gasteiger partial charge >= 0.3 is 5.97 Å². The van der Waals surface area contributed by atoms with Crippen LogP contribution in [0.3, 0.4) is 0 Å². The number of methoxy groups -OCH3 is 4. The van der Waals surface area contributed by atoms with Crippen molar-refractivity contribution >= 4 is 11.8 Å². The molecular formula is C27H29NO6. The van der Waals surface area contributed by atoms with Crippen LogP contribution in [0.1, 0.15) is 42.7 Å². The number of hydrogen-bond donors (Lipinski definition) is 1. The first-order chi connectivity index (χ1) is 16.4. The topological polar surface area (TPSA) is 83.1 Å². The van der Waals surface area contributed by atoms with Crippen molar-refractivity contribution in [1.82, 2.24) is 5.32 Å². The number of ketones is 1. The van der Waals surface area contributed by atoms with Gasteiger partial charge in [-0.15, -0.1) is 0 Å². The highest BCUT2D eigenvalue weighted by Gasteiger charge is 2.43. The molecule has 0 saturated carbocycles. The van der Waals surface area contributed by atoms with Crippen LogP contribution in [-0.4, -0.2) is 40.2 Å². The van der Waals surface area contributed by atoms with Crippen LogP contribution in [-0.2, 0) is 14.3 Å². The number of rotatable bonds is 6. The summed E-state index contributed by atoms with van der Waals surface area (Å²) in [6.45, 7) is 1.83. The third-order valence-corrected chi connectivity index (χ3v) is 6.56. The van der Waals surface area contributed by atoms with Gasteiger partial charge in [0.1, 0.15) is 5.75 Å². The van der Waals surface area contributed by atoms with Gasteiger partial charge in [0.05, 0.1) is 39.9 Å². The third-order valence-electron chi connectivity index (χ3n) is 6.56. The lowest BCUT2D eigenvalue weighted by atomic mass is 9.71. The predicted molar refractivity (Wildman–Crippen MR) is 127 cm³/mol. The number of ether oxygens (including phenoxy) is 4. The Bertz CT molecular complexity index is 1200. The molecule has 1 aliphatic heterocycles. The van der Waals surface area contributed by atoms with Gasteiger partial charge in [0.25, 0.3) is 0 Å². The number of Topliss-reactive ketones (excluding diaryl/α,β-unsaturated/α-hetero) is 1. The van der Waals surface area contributed by atoms with Crippen LogP contribution >= 0.6 is 0 Å². The van der Waals surface area contributed by atoms with Gasteiger partial charge in [-0.1, -0.05) is 30.3 Å². The zero-order valence-corrected chi connectivity index (χ0v) is 20.1. The number of allylic oxidation sites excluding steroid dienone is 3. The molecule has 2 atom stereocenters. The predicted octanol–water partition coefficient (Wildman–Crippen LogP) is 4.25. The number of esters is 1. The highest BCUT2D eigenvalue weighted by atomic mass is 16.5. The molecule has 0 saturated heterocycles. The first-order valence-electron chi connectivity index (χ1n) is 11.1. The van der Waals surface area contributed by atoms with Crippen LogP contribution < -0.4 is 19.5 Å². The summed E-state index contributed by atoms with van der Waals surface area (Å²) in [6.07, 6.45) is 0.910. The third kappa shape index (κ3) is 3.91. The van der Waals surface area contributed by atoms with Crippen molar-refractivity contribution in [2.24, 2.45) is 0 Å². The Morgan fingerprint density at radius 3 is 2.24 bits per heavy atom. The minimum absolute atomic E-state index is 0.0339. The Morgan fingerprint density at radius 1 is 0.882 bits per heavy atom. The van der Waals surface area contributed by atoms with E-state index in [0.29, 0.717) is 46.7 Å². The monoisotopic (exact) mass is 463 g/mol. The van der Waals surface area contributed by atoms with Gasteiger partial charge in [0, 0.05) is 34.9 Å². The van der Waals surface area contributed by atoms with E-state index >= 15 is 0 Å². The number of carbonyl (C=O) groups excluding carboxylic acids is 2. The summed E-state index contributed by atoms with van der Waals surface area (Å²) < 4.78 is 21.8. The van der Waals surface area contributed by atoms with Crippen molar-refractivity contribution in [3.8, 4) is 17.2 Å². The number of hydrogen-bond acceptors (Lipinski definition) is 7. The van der Waals surface area contributed by atoms with Gasteiger partial charge in [-0.25, -0.2) is 4.79 Å². The molecule has 0 unspecified atom stereocenters. The van der Waals surface area contributed by atoms with Crippen molar-refractivity contribution in [2.75, 3.05) is 28.4 Å². The minimum Gasteiger partial charge on any atom is -0.496 e. The van der Waals surface area contributed by atoms with Crippen LogP contribution in [0.15, 0.2) is 65.0 Å². The summed E-state index contributed by atoms with van der Waals surface area (Å²) >= 11 is 0. The van der Waals surface area contributed by atoms with Crippen molar-refractivity contribution in [2.45, 2.75) is 31.6 Å². The van der Waals surface area contributed by atoms with Crippen LogP contribution in [0.5, 0.6) is 17.2 Å². The largest absolute Gasteiger partial charge is 0.496 e. The molecule has 0 aromatic heterocycles. The lowest BCUT2D eigenvalue weighted by Crippen LogP contribution is -2.36. The van der Waals surface area contributed by atoms with Gasteiger partial charge in [0.2, 0.25) is 0 Å². The molecule has 2 aromatic rings. The first-order valence-corrected chi connectivity index (χ1v) is 11.1. The molecule has 178 valence electrons. The molecular weight excluding hydrogens is 434 g/mol. The first kappa shape index (κ1) is 23.4. The number of carbonyl (C=O) groups is 2. The Hall–Kier alpha value is -3.74. The summed E-state index contributed by atoms with van der Waals surface area (Å²) in [6, 6.07) is 13.2. The van der Waals surface area contributed by atoms with E-state index < -0.39 is 11.9 Å². The SMILES string of the molecule is COC(=O)C1=C(C)NC2=C(C(=O)C[C@H](c3ccccc3OC)C2)[C@H]1c1cccc(OC)c1OC. The Labute approximate surface area is 199 Å². The standard InChI is InChI=1S/C27H29NO6/c1-15-23(27(30)34-5)24(18-10-8-12-22(32-3)26(18)33-4)25-19(28-15)13-16(14-20(25)29)17-9-6-7-11-21(17)31-2/h6-12,16,24,28H,13-14H2,1-5H3/t16-,24+/m1/s1. The smallest absolute Gasteiger partial charge is 0.336 e. The van der Waals surface area contributed by atoms with Crippen LogP contribution in [0.4, 0.5) is 0 Å². The van der Waals surface area contributed by atoms with Crippen LogP contribution in [0.2, 0.25) is 0 Å². The van der Waals surface area contributed by atoms with Gasteiger partial charge in [-0.2, -0.15) is 0 Å². The number of benzene rings is 2. The number of dihydropyridines is 1. The summed E-state index contributed by atoms with van der Waals surface area (Å²) in [5, 5.41) is 3.34. The zero-order valence-electron chi connectivity index (χ0n) is 20.1. The molecule has 0 amide bonds. The summed E-state index contributed by atoms with van der Waals surface area (Å²) in [7, 11) is 6.08.